The Bertz CT molecular complexity index is 464. The molecular formula is C13H19N3O3S. The molecule has 1 rings (SSSR count). The molecule has 0 saturated carbocycles. The topological polar surface area (TPSA) is 75.5 Å². The highest BCUT2D eigenvalue weighted by atomic mass is 32.2. The molecule has 0 radical (unpaired) electrons. The normalized spacial score (nSPS) is 11.9. The number of likely N-dealkylation sites (N-methyl/N-ethyl adjacent to an activating group) is 2. The van der Waals surface area contributed by atoms with Crippen LogP contribution < -0.4 is 5.32 Å². The molecule has 1 aromatic carbocycles. The molecule has 6 nitrogen and oxygen atoms in total. The first-order valence-electron chi connectivity index (χ1n) is 6.26. The molecule has 0 aromatic heterocycles. The molecule has 1 unspecified atom stereocenters. The molecular weight excluding hydrogens is 278 g/mol. The number of nitrogens with one attached hydrogen (secondary N) is 1. The minimum absolute atomic E-state index is 0.0450. The fourth-order valence-corrected chi connectivity index (χ4v) is 2.58. The van der Waals surface area contributed by atoms with Gasteiger partial charge < -0.3 is 10.2 Å². The second-order valence-corrected chi connectivity index (χ2v) is 5.79. The van der Waals surface area contributed by atoms with E-state index in [1.807, 2.05) is 14.0 Å². The molecule has 0 saturated heterocycles. The number of carbonyl (C=O) groups is 1. The Balaban J connectivity index is 2.58. The van der Waals surface area contributed by atoms with Crippen molar-refractivity contribution in [3.8, 4) is 0 Å². The van der Waals surface area contributed by atoms with Crippen molar-refractivity contribution in [2.75, 3.05) is 27.2 Å². The molecule has 0 aliphatic rings. The van der Waals surface area contributed by atoms with Gasteiger partial charge in [0.05, 0.1) is 10.2 Å². The van der Waals surface area contributed by atoms with E-state index in [-0.39, 0.29) is 16.8 Å². The standard InChI is InChI=1S/C13H19N3O3S/c1-10(13(17)15(3)9-8-14-2)20-12-6-4-11(5-7-12)16(18)19/h4-7,10,14H,8-9H2,1-3H3. The lowest BCUT2D eigenvalue weighted by molar-refractivity contribution is -0.384. The van der Waals surface area contributed by atoms with Crippen LogP contribution >= 0.6 is 11.8 Å². The Hall–Kier alpha value is -1.60. The van der Waals surface area contributed by atoms with E-state index in [9.17, 15) is 14.9 Å². The number of amides is 1. The molecule has 110 valence electrons. The largest absolute Gasteiger partial charge is 0.344 e. The number of hydrogen-bond donors (Lipinski definition) is 1. The summed E-state index contributed by atoms with van der Waals surface area (Å²) in [5, 5.41) is 13.3. The van der Waals surface area contributed by atoms with Gasteiger partial charge >= 0.3 is 0 Å². The number of carbonyl (C=O) groups excluding carboxylic acids is 1. The van der Waals surface area contributed by atoms with Gasteiger partial charge in [0, 0.05) is 37.2 Å². The highest BCUT2D eigenvalue weighted by Crippen LogP contribution is 2.26. The van der Waals surface area contributed by atoms with Gasteiger partial charge in [0.1, 0.15) is 0 Å². The molecule has 1 atom stereocenters. The zero-order valence-electron chi connectivity index (χ0n) is 11.8. The monoisotopic (exact) mass is 297 g/mol. The smallest absolute Gasteiger partial charge is 0.269 e. The zero-order chi connectivity index (χ0) is 15.1. The number of hydrogen-bond acceptors (Lipinski definition) is 5. The second kappa shape index (κ2) is 7.86. The number of nitro groups is 1. The Morgan fingerprint density at radius 2 is 2.05 bits per heavy atom. The summed E-state index contributed by atoms with van der Waals surface area (Å²) >= 11 is 1.40. The van der Waals surface area contributed by atoms with Gasteiger partial charge in [-0.2, -0.15) is 0 Å². The Kier molecular flexibility index (Phi) is 6.47. The fraction of sp³-hybridized carbons (Fsp3) is 0.462. The molecule has 1 N–H and O–H groups in total. The molecule has 1 amide bonds. The SMILES string of the molecule is CNCCN(C)C(=O)C(C)Sc1ccc([N+](=O)[O-])cc1. The highest BCUT2D eigenvalue weighted by molar-refractivity contribution is 8.00. The molecule has 20 heavy (non-hydrogen) atoms. The third-order valence-electron chi connectivity index (χ3n) is 2.78. The van der Waals surface area contributed by atoms with Crippen molar-refractivity contribution in [2.45, 2.75) is 17.1 Å². The van der Waals surface area contributed by atoms with E-state index < -0.39 is 4.92 Å². The first kappa shape index (κ1) is 16.5. The minimum Gasteiger partial charge on any atom is -0.344 e. The maximum absolute atomic E-state index is 12.1. The van der Waals surface area contributed by atoms with Crippen LogP contribution in [0.2, 0.25) is 0 Å². The van der Waals surface area contributed by atoms with E-state index in [0.29, 0.717) is 6.54 Å². The van der Waals surface area contributed by atoms with E-state index in [1.54, 1.807) is 24.1 Å². The molecule has 0 heterocycles. The number of nitro benzene ring substituents is 1. The van der Waals surface area contributed by atoms with Crippen molar-refractivity contribution < 1.29 is 9.72 Å². The van der Waals surface area contributed by atoms with Gasteiger partial charge in [0.15, 0.2) is 0 Å². The lowest BCUT2D eigenvalue weighted by Crippen LogP contribution is -2.37. The van der Waals surface area contributed by atoms with Gasteiger partial charge in [-0.05, 0) is 26.1 Å². The Labute approximate surface area is 122 Å². The van der Waals surface area contributed by atoms with E-state index in [0.717, 1.165) is 11.4 Å². The first-order chi connectivity index (χ1) is 9.45. The van der Waals surface area contributed by atoms with Crippen LogP contribution in [0.3, 0.4) is 0 Å². The van der Waals surface area contributed by atoms with Crippen molar-refractivity contribution in [3.63, 3.8) is 0 Å². The molecule has 0 aliphatic carbocycles. The van der Waals surface area contributed by atoms with Crippen LogP contribution in [0.1, 0.15) is 6.92 Å². The highest BCUT2D eigenvalue weighted by Gasteiger charge is 2.18. The molecule has 0 bridgehead atoms. The predicted octanol–water partition coefficient (Wildman–Crippen LogP) is 1.75. The summed E-state index contributed by atoms with van der Waals surface area (Å²) in [5.41, 5.74) is 0.0551. The summed E-state index contributed by atoms with van der Waals surface area (Å²) < 4.78 is 0. The number of benzene rings is 1. The van der Waals surface area contributed by atoms with Crippen LogP contribution in [0.4, 0.5) is 5.69 Å². The van der Waals surface area contributed by atoms with Gasteiger partial charge in [-0.1, -0.05) is 0 Å². The summed E-state index contributed by atoms with van der Waals surface area (Å²) in [6.07, 6.45) is 0. The van der Waals surface area contributed by atoms with Crippen molar-refractivity contribution in [1.82, 2.24) is 10.2 Å². The first-order valence-corrected chi connectivity index (χ1v) is 7.14. The lowest BCUT2D eigenvalue weighted by atomic mass is 10.3. The van der Waals surface area contributed by atoms with E-state index in [2.05, 4.69) is 5.32 Å². The van der Waals surface area contributed by atoms with Crippen LogP contribution in [0, 0.1) is 10.1 Å². The van der Waals surface area contributed by atoms with Crippen LogP contribution in [0.5, 0.6) is 0 Å². The van der Waals surface area contributed by atoms with Crippen molar-refractivity contribution in [3.05, 3.63) is 34.4 Å². The predicted molar refractivity (Wildman–Crippen MR) is 80.0 cm³/mol. The number of thioether (sulfide) groups is 1. The summed E-state index contributed by atoms with van der Waals surface area (Å²) in [7, 11) is 3.61. The summed E-state index contributed by atoms with van der Waals surface area (Å²) in [6, 6.07) is 6.23. The fourth-order valence-electron chi connectivity index (χ4n) is 1.60. The maximum atomic E-state index is 12.1. The average Bonchev–Trinajstić information content (AvgIpc) is 2.44. The zero-order valence-corrected chi connectivity index (χ0v) is 12.6. The van der Waals surface area contributed by atoms with E-state index in [4.69, 9.17) is 0 Å². The summed E-state index contributed by atoms with van der Waals surface area (Å²) in [5.74, 6) is 0.0450. The van der Waals surface area contributed by atoms with Gasteiger partial charge in [-0.3, -0.25) is 14.9 Å². The maximum Gasteiger partial charge on any atom is 0.269 e. The molecule has 0 fully saturated rings. The van der Waals surface area contributed by atoms with E-state index in [1.165, 1.54) is 23.9 Å². The minimum atomic E-state index is -0.436. The molecule has 1 aromatic rings. The lowest BCUT2D eigenvalue weighted by Gasteiger charge is -2.20. The number of rotatable bonds is 7. The molecule has 7 heteroatoms. The number of nitrogens with zero attached hydrogens (tertiary/aromatic N) is 2. The summed E-state index contributed by atoms with van der Waals surface area (Å²) in [6.45, 7) is 3.24. The van der Waals surface area contributed by atoms with E-state index >= 15 is 0 Å². The van der Waals surface area contributed by atoms with Crippen molar-refractivity contribution >= 4 is 23.4 Å². The van der Waals surface area contributed by atoms with Gasteiger partial charge in [-0.25, -0.2) is 0 Å². The summed E-state index contributed by atoms with van der Waals surface area (Å²) in [4.78, 5) is 24.8. The van der Waals surface area contributed by atoms with Crippen LogP contribution in [0.25, 0.3) is 0 Å². The van der Waals surface area contributed by atoms with Crippen LogP contribution in [-0.4, -0.2) is 48.2 Å². The van der Waals surface area contributed by atoms with Gasteiger partial charge in [0.25, 0.3) is 5.69 Å². The number of non-ortho nitro benzene ring substituents is 1. The molecule has 0 aliphatic heterocycles. The quantitative estimate of drug-likeness (QED) is 0.471. The average molecular weight is 297 g/mol. The molecule has 0 spiro atoms. The van der Waals surface area contributed by atoms with Gasteiger partial charge in [0.2, 0.25) is 5.91 Å². The van der Waals surface area contributed by atoms with Crippen LogP contribution in [0.15, 0.2) is 29.2 Å². The third-order valence-corrected chi connectivity index (χ3v) is 3.88. The Morgan fingerprint density at radius 1 is 1.45 bits per heavy atom. The second-order valence-electron chi connectivity index (χ2n) is 4.37. The Morgan fingerprint density at radius 3 is 2.55 bits per heavy atom. The van der Waals surface area contributed by atoms with Gasteiger partial charge in [-0.15, -0.1) is 11.8 Å². The van der Waals surface area contributed by atoms with Crippen molar-refractivity contribution in [2.24, 2.45) is 0 Å². The van der Waals surface area contributed by atoms with Crippen LogP contribution in [-0.2, 0) is 4.79 Å². The third kappa shape index (κ3) is 4.82. The van der Waals surface area contributed by atoms with Crippen molar-refractivity contribution in [1.29, 1.82) is 0 Å².